The maximum Gasteiger partial charge on any atom is 0.410 e. The van der Waals surface area contributed by atoms with E-state index >= 15 is 0 Å². The maximum absolute atomic E-state index is 13.0. The summed E-state index contributed by atoms with van der Waals surface area (Å²) in [5.41, 5.74) is 6.36. The first-order chi connectivity index (χ1) is 24.7. The molecular weight excluding hydrogens is 640 g/mol. The Morgan fingerprint density at radius 1 is 0.765 bits per heavy atom. The molecule has 260 valence electrons. The van der Waals surface area contributed by atoms with Gasteiger partial charge in [0.15, 0.2) is 0 Å². The Labute approximate surface area is 296 Å². The topological polar surface area (TPSA) is 116 Å². The highest BCUT2D eigenvalue weighted by Crippen LogP contribution is 2.36. The second-order valence-electron chi connectivity index (χ2n) is 14.5. The van der Waals surface area contributed by atoms with E-state index in [0.717, 1.165) is 87.1 Å². The van der Waals surface area contributed by atoms with Crippen molar-refractivity contribution >= 4 is 34.0 Å². The first kappa shape index (κ1) is 32.6. The molecule has 4 aromatic carbocycles. The summed E-state index contributed by atoms with van der Waals surface area (Å²) in [6.45, 7) is 7.22. The molecule has 2 saturated heterocycles. The molecule has 10 nitrogen and oxygen atoms in total. The van der Waals surface area contributed by atoms with Crippen molar-refractivity contribution in [3.8, 4) is 22.4 Å². The molecule has 2 atom stereocenters. The van der Waals surface area contributed by atoms with Crippen molar-refractivity contribution in [1.82, 2.24) is 29.7 Å². The van der Waals surface area contributed by atoms with Crippen LogP contribution in [0.15, 0.2) is 91.1 Å². The minimum atomic E-state index is -0.543. The number of aromatic nitrogens is 4. The Bertz CT molecular complexity index is 2220. The van der Waals surface area contributed by atoms with E-state index < -0.39 is 5.60 Å². The number of benzene rings is 4. The SMILES string of the molecule is CC(C)(C)OC(=O)N1CCCC1c1ncc(-c2ccc3cc(-c4ccc5nc([C@@H]6CCCN6C(=O)OCc6ccccc6)[nH]c5c4)ccc3c2)[nH]1. The van der Waals surface area contributed by atoms with Crippen LogP contribution in [0.3, 0.4) is 0 Å². The van der Waals surface area contributed by atoms with Crippen LogP contribution in [0, 0.1) is 0 Å². The Hall–Kier alpha value is -5.64. The van der Waals surface area contributed by atoms with Crippen molar-refractivity contribution in [3.05, 3.63) is 108 Å². The number of nitrogens with zero attached hydrogens (tertiary/aromatic N) is 4. The first-order valence-electron chi connectivity index (χ1n) is 17.7. The lowest BCUT2D eigenvalue weighted by Crippen LogP contribution is -2.36. The molecule has 0 saturated carbocycles. The number of hydrogen-bond donors (Lipinski definition) is 2. The zero-order chi connectivity index (χ0) is 35.1. The van der Waals surface area contributed by atoms with E-state index in [-0.39, 0.29) is 30.9 Å². The zero-order valence-corrected chi connectivity index (χ0v) is 29.2. The number of aromatic amines is 2. The van der Waals surface area contributed by atoms with Crippen molar-refractivity contribution < 1.29 is 19.1 Å². The average molecular weight is 683 g/mol. The standard InChI is InChI=1S/C41H42N6O4/c1-41(2,3)51-40(49)47-20-7-11-35(47)37-42-24-34(45-37)31-16-15-27-21-28(13-14-29(27)22-31)30-17-18-32-33(23-30)44-38(43-32)36-12-8-19-46(36)39(48)50-25-26-9-5-4-6-10-26/h4-6,9-10,13-18,21-24,35-36H,7-8,11-12,19-20,25H2,1-3H3,(H,42,45)(H,43,44)/t35?,36-/m0/s1. The van der Waals surface area contributed by atoms with Crippen LogP contribution in [0.5, 0.6) is 0 Å². The number of carbonyl (C=O) groups excluding carboxylic acids is 2. The van der Waals surface area contributed by atoms with Crippen molar-refractivity contribution in [2.45, 2.75) is 70.7 Å². The second-order valence-corrected chi connectivity index (χ2v) is 14.5. The van der Waals surface area contributed by atoms with E-state index in [1.807, 2.05) is 63.4 Å². The highest BCUT2D eigenvalue weighted by molar-refractivity contribution is 5.92. The lowest BCUT2D eigenvalue weighted by atomic mass is 9.99. The molecule has 2 amide bonds. The van der Waals surface area contributed by atoms with Crippen LogP contribution in [0.4, 0.5) is 9.59 Å². The highest BCUT2D eigenvalue weighted by atomic mass is 16.6. The first-order valence-corrected chi connectivity index (χ1v) is 17.7. The number of amides is 2. The van der Waals surface area contributed by atoms with Gasteiger partial charge in [0.05, 0.1) is 35.0 Å². The molecule has 2 aromatic heterocycles. The summed E-state index contributed by atoms with van der Waals surface area (Å²) in [4.78, 5) is 46.0. The third-order valence-electron chi connectivity index (χ3n) is 9.78. The van der Waals surface area contributed by atoms with Crippen molar-refractivity contribution in [1.29, 1.82) is 0 Å². The van der Waals surface area contributed by atoms with E-state index in [2.05, 4.69) is 63.5 Å². The number of imidazole rings is 2. The fourth-order valence-electron chi connectivity index (χ4n) is 7.27. The van der Waals surface area contributed by atoms with Gasteiger partial charge in [0, 0.05) is 18.7 Å². The Morgan fingerprint density at radius 2 is 1.41 bits per heavy atom. The van der Waals surface area contributed by atoms with Crippen LogP contribution >= 0.6 is 0 Å². The average Bonchev–Trinajstić information content (AvgIpc) is 3.95. The van der Waals surface area contributed by atoms with Crippen LogP contribution in [0.2, 0.25) is 0 Å². The Morgan fingerprint density at radius 3 is 2.16 bits per heavy atom. The predicted octanol–water partition coefficient (Wildman–Crippen LogP) is 9.32. The summed E-state index contributed by atoms with van der Waals surface area (Å²) in [6, 6.07) is 28.6. The van der Waals surface area contributed by atoms with Gasteiger partial charge in [-0.3, -0.25) is 9.80 Å². The minimum absolute atomic E-state index is 0.126. The third kappa shape index (κ3) is 6.78. The molecule has 4 heterocycles. The highest BCUT2D eigenvalue weighted by Gasteiger charge is 2.35. The maximum atomic E-state index is 13.0. The molecule has 0 spiro atoms. The molecule has 0 radical (unpaired) electrons. The summed E-state index contributed by atoms with van der Waals surface area (Å²) < 4.78 is 11.3. The van der Waals surface area contributed by atoms with Crippen LogP contribution in [0.25, 0.3) is 44.2 Å². The summed E-state index contributed by atoms with van der Waals surface area (Å²) in [5, 5.41) is 2.25. The van der Waals surface area contributed by atoms with Crippen molar-refractivity contribution in [2.24, 2.45) is 0 Å². The minimum Gasteiger partial charge on any atom is -0.445 e. The number of ether oxygens (including phenoxy) is 2. The van der Waals surface area contributed by atoms with Gasteiger partial charge in [-0.2, -0.15) is 0 Å². The summed E-state index contributed by atoms with van der Waals surface area (Å²) in [6.07, 6.45) is 4.75. The van der Waals surface area contributed by atoms with E-state index in [1.54, 1.807) is 9.80 Å². The van der Waals surface area contributed by atoms with Gasteiger partial charge in [0.2, 0.25) is 0 Å². The molecule has 51 heavy (non-hydrogen) atoms. The molecule has 6 aromatic rings. The summed E-state index contributed by atoms with van der Waals surface area (Å²) in [7, 11) is 0. The van der Waals surface area contributed by atoms with E-state index in [0.29, 0.717) is 13.1 Å². The fourth-order valence-corrected chi connectivity index (χ4v) is 7.27. The number of fused-ring (bicyclic) bond motifs is 2. The monoisotopic (exact) mass is 682 g/mol. The smallest absolute Gasteiger partial charge is 0.410 e. The number of nitrogens with one attached hydrogen (secondary N) is 2. The lowest BCUT2D eigenvalue weighted by molar-refractivity contribution is 0.0218. The third-order valence-corrected chi connectivity index (χ3v) is 9.78. The van der Waals surface area contributed by atoms with Crippen LogP contribution < -0.4 is 0 Å². The number of rotatable bonds is 6. The molecule has 1 unspecified atom stereocenters. The second kappa shape index (κ2) is 13.2. The van der Waals surface area contributed by atoms with Gasteiger partial charge in [-0.1, -0.05) is 60.7 Å². The van der Waals surface area contributed by atoms with Gasteiger partial charge in [-0.25, -0.2) is 19.6 Å². The molecule has 0 aliphatic carbocycles. The zero-order valence-electron chi connectivity index (χ0n) is 29.2. The summed E-state index contributed by atoms with van der Waals surface area (Å²) in [5.74, 6) is 1.57. The predicted molar refractivity (Wildman–Crippen MR) is 197 cm³/mol. The van der Waals surface area contributed by atoms with Gasteiger partial charge < -0.3 is 19.4 Å². The van der Waals surface area contributed by atoms with Gasteiger partial charge in [0.1, 0.15) is 23.9 Å². The number of H-pyrrole nitrogens is 2. The molecule has 8 rings (SSSR count). The van der Waals surface area contributed by atoms with Crippen molar-refractivity contribution in [2.75, 3.05) is 13.1 Å². The molecule has 10 heteroatoms. The normalized spacial score (nSPS) is 17.8. The molecule has 0 bridgehead atoms. The molecule has 2 fully saturated rings. The number of likely N-dealkylation sites (tertiary alicyclic amines) is 2. The Balaban J connectivity index is 0.974. The molecule has 2 N–H and O–H groups in total. The largest absolute Gasteiger partial charge is 0.445 e. The van der Waals surface area contributed by atoms with Crippen LogP contribution in [0.1, 0.15) is 75.8 Å². The molecular formula is C41H42N6O4. The Kier molecular flexibility index (Phi) is 8.45. The number of hydrogen-bond acceptors (Lipinski definition) is 6. The van der Waals surface area contributed by atoms with Crippen LogP contribution in [-0.2, 0) is 16.1 Å². The van der Waals surface area contributed by atoms with Gasteiger partial charge >= 0.3 is 12.2 Å². The quantitative estimate of drug-likeness (QED) is 0.181. The van der Waals surface area contributed by atoms with Gasteiger partial charge in [-0.05, 0) is 98.2 Å². The number of carbonyl (C=O) groups is 2. The van der Waals surface area contributed by atoms with Crippen LogP contribution in [-0.4, -0.2) is 60.6 Å². The van der Waals surface area contributed by atoms with Gasteiger partial charge in [-0.15, -0.1) is 0 Å². The van der Waals surface area contributed by atoms with Crippen molar-refractivity contribution in [3.63, 3.8) is 0 Å². The van der Waals surface area contributed by atoms with Gasteiger partial charge in [0.25, 0.3) is 0 Å². The lowest BCUT2D eigenvalue weighted by Gasteiger charge is -2.27. The van der Waals surface area contributed by atoms with E-state index in [9.17, 15) is 9.59 Å². The van der Waals surface area contributed by atoms with E-state index in [1.165, 1.54) is 0 Å². The molecule has 2 aliphatic rings. The molecule has 2 aliphatic heterocycles. The summed E-state index contributed by atoms with van der Waals surface area (Å²) >= 11 is 0. The fraction of sp³-hybridized carbons (Fsp3) is 0.317. The van der Waals surface area contributed by atoms with E-state index in [4.69, 9.17) is 14.5 Å².